The Balaban J connectivity index is 0.000000463. The molecule has 130 valence electrons. The highest BCUT2D eigenvalue weighted by Crippen LogP contribution is 2.36. The third kappa shape index (κ3) is 5.39. The lowest BCUT2D eigenvalue weighted by atomic mass is 10.0. The molecule has 1 aliphatic rings. The van der Waals surface area contributed by atoms with Crippen LogP contribution in [0.5, 0.6) is 5.75 Å². The van der Waals surface area contributed by atoms with Crippen LogP contribution in [-0.2, 0) is 27.2 Å². The predicted molar refractivity (Wildman–Crippen MR) is 87.0 cm³/mol. The van der Waals surface area contributed by atoms with Gasteiger partial charge in [0.25, 0.3) is 6.47 Å². The summed E-state index contributed by atoms with van der Waals surface area (Å²) in [5, 5.41) is 10.1. The lowest BCUT2D eigenvalue weighted by molar-refractivity contribution is -0.128. The van der Waals surface area contributed by atoms with Gasteiger partial charge in [0.1, 0.15) is 11.6 Å². The summed E-state index contributed by atoms with van der Waals surface area (Å²) in [4.78, 5) is 9.18. The Morgan fingerprint density at radius 3 is 2.70 bits per heavy atom. The molecular formula is C17H26FNO4. The van der Waals surface area contributed by atoms with Crippen LogP contribution in [-0.4, -0.2) is 36.5 Å². The van der Waals surface area contributed by atoms with Crippen LogP contribution in [0.25, 0.3) is 6.08 Å². The highest BCUT2D eigenvalue weighted by molar-refractivity contribution is 5.61. The van der Waals surface area contributed by atoms with Crippen molar-refractivity contribution in [3.63, 3.8) is 0 Å². The van der Waals surface area contributed by atoms with Gasteiger partial charge < -0.3 is 19.1 Å². The van der Waals surface area contributed by atoms with Crippen molar-refractivity contribution in [1.82, 2.24) is 4.57 Å². The van der Waals surface area contributed by atoms with Crippen LogP contribution in [0.15, 0.2) is 5.83 Å². The monoisotopic (exact) mass is 327 g/mol. The molecule has 0 radical (unpaired) electrons. The minimum atomic E-state index is -0.0989. The zero-order valence-electron chi connectivity index (χ0n) is 14.1. The Labute approximate surface area is 136 Å². The van der Waals surface area contributed by atoms with E-state index in [2.05, 4.69) is 4.74 Å². The van der Waals surface area contributed by atoms with Crippen LogP contribution in [0.1, 0.15) is 43.1 Å². The van der Waals surface area contributed by atoms with Crippen molar-refractivity contribution >= 4 is 12.5 Å². The van der Waals surface area contributed by atoms with E-state index in [-0.39, 0.29) is 5.83 Å². The molecule has 0 amide bonds. The quantitative estimate of drug-likeness (QED) is 0.616. The number of halogens is 1. The molecule has 0 atom stereocenters. The number of carbonyl (C=O) groups is 1. The fourth-order valence-corrected chi connectivity index (χ4v) is 2.56. The first-order valence-corrected chi connectivity index (χ1v) is 7.87. The third-order valence-corrected chi connectivity index (χ3v) is 3.76. The molecule has 0 spiro atoms. The summed E-state index contributed by atoms with van der Waals surface area (Å²) in [6, 6.07) is 0. The molecule has 0 aliphatic heterocycles. The summed E-state index contributed by atoms with van der Waals surface area (Å²) >= 11 is 0. The smallest absolute Gasteiger partial charge is 0.293 e. The minimum Gasteiger partial charge on any atom is -0.506 e. The summed E-state index contributed by atoms with van der Waals surface area (Å²) in [6.45, 7) is 6.08. The zero-order chi connectivity index (χ0) is 17.2. The van der Waals surface area contributed by atoms with Gasteiger partial charge in [-0.2, -0.15) is 0 Å². The number of fused-ring (bicyclic) bond motifs is 1. The molecule has 0 unspecified atom stereocenters. The highest BCUT2D eigenvalue weighted by atomic mass is 19.1. The Kier molecular flexibility index (Phi) is 8.40. The lowest BCUT2D eigenvalue weighted by Crippen LogP contribution is -2.06. The second-order valence-corrected chi connectivity index (χ2v) is 5.29. The summed E-state index contributed by atoms with van der Waals surface area (Å²) in [6.07, 6.45) is 4.48. The number of allylic oxidation sites excluding steroid dienone is 1. The molecule has 5 nitrogen and oxygen atoms in total. The maximum absolute atomic E-state index is 13.4. The van der Waals surface area contributed by atoms with E-state index >= 15 is 0 Å². The number of aromatic hydroxyl groups is 1. The number of rotatable bonds is 7. The number of methoxy groups -OCH3 is 1. The third-order valence-electron chi connectivity index (χ3n) is 3.76. The van der Waals surface area contributed by atoms with Crippen molar-refractivity contribution in [2.24, 2.45) is 0 Å². The van der Waals surface area contributed by atoms with E-state index in [9.17, 15) is 14.3 Å². The SMILES string of the molecule is CCOC=O.COCCCCn1c(C)c(O)c2c1C=C(F)CC2. The number of ether oxygens (including phenoxy) is 2. The summed E-state index contributed by atoms with van der Waals surface area (Å²) < 4.78 is 24.6. The van der Waals surface area contributed by atoms with Gasteiger partial charge in [-0.1, -0.05) is 0 Å². The van der Waals surface area contributed by atoms with Crippen molar-refractivity contribution in [3.05, 3.63) is 22.8 Å². The number of carbonyl (C=O) groups excluding carboxylic acids is 1. The Hall–Kier alpha value is -1.82. The topological polar surface area (TPSA) is 60.7 Å². The van der Waals surface area contributed by atoms with Gasteiger partial charge in [0.05, 0.1) is 18.0 Å². The van der Waals surface area contributed by atoms with E-state index in [1.807, 2.05) is 11.5 Å². The standard InChI is InChI=1S/C14H20FNO2.C3H6O2/c1-10-14(17)12-6-5-11(15)9-13(12)16(10)7-3-4-8-18-2;1-2-5-3-4/h9,17H,3-8H2,1-2H3;3H,2H2,1H3. The Morgan fingerprint density at radius 1 is 1.39 bits per heavy atom. The second-order valence-electron chi connectivity index (χ2n) is 5.29. The molecule has 23 heavy (non-hydrogen) atoms. The second kappa shape index (κ2) is 10.0. The molecule has 2 rings (SSSR count). The largest absolute Gasteiger partial charge is 0.506 e. The first-order valence-electron chi connectivity index (χ1n) is 7.87. The van der Waals surface area contributed by atoms with E-state index < -0.39 is 0 Å². The van der Waals surface area contributed by atoms with Crippen molar-refractivity contribution < 1.29 is 23.8 Å². The van der Waals surface area contributed by atoms with Crippen LogP contribution in [0.2, 0.25) is 0 Å². The summed E-state index contributed by atoms with van der Waals surface area (Å²) in [7, 11) is 1.69. The van der Waals surface area contributed by atoms with E-state index in [0.717, 1.165) is 42.9 Å². The van der Waals surface area contributed by atoms with Gasteiger partial charge in [-0.25, -0.2) is 4.39 Å². The van der Waals surface area contributed by atoms with Crippen LogP contribution in [0.3, 0.4) is 0 Å². The molecule has 0 aromatic carbocycles. The predicted octanol–water partition coefficient (Wildman–Crippen LogP) is 3.36. The number of nitrogens with zero attached hydrogens (tertiary/aromatic N) is 1. The van der Waals surface area contributed by atoms with Gasteiger partial charge in [0.15, 0.2) is 0 Å². The van der Waals surface area contributed by atoms with Crippen molar-refractivity contribution in [2.45, 2.75) is 46.1 Å². The molecule has 0 saturated heterocycles. The van der Waals surface area contributed by atoms with Gasteiger partial charge in [0.2, 0.25) is 0 Å². The Morgan fingerprint density at radius 2 is 2.13 bits per heavy atom. The van der Waals surface area contributed by atoms with Gasteiger partial charge in [-0.05, 0) is 39.2 Å². The average molecular weight is 327 g/mol. The summed E-state index contributed by atoms with van der Waals surface area (Å²) in [5.41, 5.74) is 2.56. The first-order chi connectivity index (χ1) is 11.1. The molecule has 1 aromatic rings. The first kappa shape index (κ1) is 19.2. The normalized spacial score (nSPS) is 12.8. The Bertz CT molecular complexity index is 537. The maximum atomic E-state index is 13.4. The molecule has 1 heterocycles. The zero-order valence-corrected chi connectivity index (χ0v) is 14.1. The molecule has 6 heteroatoms. The van der Waals surface area contributed by atoms with Crippen molar-refractivity contribution in [1.29, 1.82) is 0 Å². The number of hydrogen-bond donors (Lipinski definition) is 1. The molecule has 0 bridgehead atoms. The fourth-order valence-electron chi connectivity index (χ4n) is 2.56. The van der Waals surface area contributed by atoms with Gasteiger partial charge >= 0.3 is 0 Å². The molecule has 1 aromatic heterocycles. The van der Waals surface area contributed by atoms with Crippen LogP contribution in [0.4, 0.5) is 4.39 Å². The average Bonchev–Trinajstić information content (AvgIpc) is 2.77. The molecule has 1 aliphatic carbocycles. The number of aromatic nitrogens is 1. The maximum Gasteiger partial charge on any atom is 0.293 e. The highest BCUT2D eigenvalue weighted by Gasteiger charge is 2.22. The van der Waals surface area contributed by atoms with Crippen LogP contribution < -0.4 is 0 Å². The molecular weight excluding hydrogens is 301 g/mol. The number of unbranched alkanes of at least 4 members (excludes halogenated alkanes) is 1. The lowest BCUT2D eigenvalue weighted by Gasteiger charge is -2.12. The van der Waals surface area contributed by atoms with E-state index in [1.165, 1.54) is 0 Å². The molecule has 0 saturated carbocycles. The molecule has 0 fully saturated rings. The van der Waals surface area contributed by atoms with E-state index in [0.29, 0.717) is 31.7 Å². The molecule has 1 N–H and O–H groups in total. The van der Waals surface area contributed by atoms with E-state index in [4.69, 9.17) is 4.74 Å². The van der Waals surface area contributed by atoms with Crippen LogP contribution >= 0.6 is 0 Å². The van der Waals surface area contributed by atoms with Gasteiger partial charge in [-0.15, -0.1) is 0 Å². The fraction of sp³-hybridized carbons (Fsp3) is 0.588. The van der Waals surface area contributed by atoms with Crippen molar-refractivity contribution in [3.8, 4) is 5.75 Å². The number of hydrogen-bond acceptors (Lipinski definition) is 4. The van der Waals surface area contributed by atoms with E-state index in [1.54, 1.807) is 20.1 Å². The van der Waals surface area contributed by atoms with Crippen molar-refractivity contribution in [2.75, 3.05) is 20.3 Å². The van der Waals surface area contributed by atoms with Gasteiger partial charge in [0, 0.05) is 32.2 Å². The van der Waals surface area contributed by atoms with Crippen LogP contribution in [0, 0.1) is 6.92 Å². The van der Waals surface area contributed by atoms with Gasteiger partial charge in [-0.3, -0.25) is 4.79 Å². The summed E-state index contributed by atoms with van der Waals surface area (Å²) in [5.74, 6) is 0.235. The minimum absolute atomic E-state index is 0.0989.